The van der Waals surface area contributed by atoms with Gasteiger partial charge in [-0.2, -0.15) is 0 Å². The van der Waals surface area contributed by atoms with Gasteiger partial charge < -0.3 is 15.2 Å². The van der Waals surface area contributed by atoms with E-state index in [4.69, 9.17) is 0 Å². The smallest absolute Gasteiger partial charge is 0.255 e. The lowest BCUT2D eigenvalue weighted by Gasteiger charge is -2.12. The minimum atomic E-state index is -0.288. The number of aromatic nitrogens is 2. The highest BCUT2D eigenvalue weighted by Gasteiger charge is 2.25. The third kappa shape index (κ3) is 3.16. The molecule has 1 aliphatic carbocycles. The number of pyridine rings is 2. The molecule has 0 saturated heterocycles. The van der Waals surface area contributed by atoms with Gasteiger partial charge in [0.05, 0.1) is 0 Å². The summed E-state index contributed by atoms with van der Waals surface area (Å²) in [5.41, 5.74) is 1.64. The molecule has 1 aliphatic rings. The van der Waals surface area contributed by atoms with Crippen molar-refractivity contribution in [3.05, 3.63) is 52.1 Å². The summed E-state index contributed by atoms with van der Waals surface area (Å²) in [4.78, 5) is 32.9. The maximum Gasteiger partial charge on any atom is 0.255 e. The van der Waals surface area contributed by atoms with Crippen LogP contribution in [0.4, 0.5) is 11.5 Å². The van der Waals surface area contributed by atoms with E-state index in [1.54, 1.807) is 24.4 Å². The van der Waals surface area contributed by atoms with Crippen LogP contribution >= 0.6 is 0 Å². The van der Waals surface area contributed by atoms with E-state index in [1.165, 1.54) is 6.07 Å². The monoisotopic (exact) mass is 298 g/mol. The summed E-state index contributed by atoms with van der Waals surface area (Å²) in [5, 5.41) is 2.81. The SMILES string of the molecule is CN(C)c1cc(NC(=O)c2cc(C3CC3)[nH]c(=O)c2)ccn1. The number of carbonyl (C=O) groups excluding carboxylic acids is 1. The van der Waals surface area contributed by atoms with Gasteiger partial charge in [0.25, 0.3) is 5.91 Å². The van der Waals surface area contributed by atoms with E-state index < -0.39 is 0 Å². The Morgan fingerprint density at radius 2 is 2.09 bits per heavy atom. The van der Waals surface area contributed by atoms with Gasteiger partial charge in [0, 0.05) is 49.4 Å². The van der Waals surface area contributed by atoms with Crippen LogP contribution in [0.5, 0.6) is 0 Å². The van der Waals surface area contributed by atoms with Crippen LogP contribution in [0.25, 0.3) is 0 Å². The summed E-state index contributed by atoms with van der Waals surface area (Å²) in [6, 6.07) is 6.60. The second kappa shape index (κ2) is 5.63. The van der Waals surface area contributed by atoms with Gasteiger partial charge in [-0.3, -0.25) is 9.59 Å². The number of hydrogen-bond acceptors (Lipinski definition) is 4. The van der Waals surface area contributed by atoms with Crippen LogP contribution in [0.3, 0.4) is 0 Å². The number of nitrogens with zero attached hydrogens (tertiary/aromatic N) is 2. The molecule has 0 radical (unpaired) electrons. The highest BCUT2D eigenvalue weighted by atomic mass is 16.2. The topological polar surface area (TPSA) is 78.1 Å². The van der Waals surface area contributed by atoms with E-state index in [9.17, 15) is 9.59 Å². The first-order chi connectivity index (χ1) is 10.5. The summed E-state index contributed by atoms with van der Waals surface area (Å²) in [5.74, 6) is 0.855. The van der Waals surface area contributed by atoms with Crippen molar-refractivity contribution in [2.45, 2.75) is 18.8 Å². The standard InChI is InChI=1S/C16H18N4O2/c1-20(2)14-9-12(5-6-17-14)18-16(22)11-7-13(10-3-4-10)19-15(21)8-11/h5-10H,3-4H2,1-2H3,(H,19,21)(H,17,18,22). The fourth-order valence-electron chi connectivity index (χ4n) is 2.25. The van der Waals surface area contributed by atoms with Crippen LogP contribution in [-0.4, -0.2) is 30.0 Å². The number of nitrogens with one attached hydrogen (secondary N) is 2. The Hall–Kier alpha value is -2.63. The van der Waals surface area contributed by atoms with Crippen molar-refractivity contribution in [1.82, 2.24) is 9.97 Å². The molecule has 2 N–H and O–H groups in total. The molecule has 0 aromatic carbocycles. The van der Waals surface area contributed by atoms with Gasteiger partial charge in [-0.25, -0.2) is 4.98 Å². The molecule has 114 valence electrons. The van der Waals surface area contributed by atoms with Crippen molar-refractivity contribution in [3.63, 3.8) is 0 Å². The summed E-state index contributed by atoms with van der Waals surface area (Å²) < 4.78 is 0. The second-order valence-electron chi connectivity index (χ2n) is 5.71. The Balaban J connectivity index is 1.82. The van der Waals surface area contributed by atoms with Gasteiger partial charge in [-0.1, -0.05) is 0 Å². The molecule has 2 aromatic heterocycles. The van der Waals surface area contributed by atoms with Gasteiger partial charge in [-0.05, 0) is 30.9 Å². The number of aromatic amines is 1. The van der Waals surface area contributed by atoms with Crippen molar-refractivity contribution >= 4 is 17.4 Å². The Kier molecular flexibility index (Phi) is 3.66. The van der Waals surface area contributed by atoms with Crippen LogP contribution in [0.2, 0.25) is 0 Å². The lowest BCUT2D eigenvalue weighted by atomic mass is 10.1. The molecule has 0 unspecified atom stereocenters. The van der Waals surface area contributed by atoms with E-state index in [2.05, 4.69) is 15.3 Å². The number of anilines is 2. The second-order valence-corrected chi connectivity index (χ2v) is 5.71. The average Bonchev–Trinajstić information content (AvgIpc) is 3.31. The number of amides is 1. The molecule has 6 nitrogen and oxygen atoms in total. The van der Waals surface area contributed by atoms with Crippen LogP contribution in [0.15, 0.2) is 35.3 Å². The van der Waals surface area contributed by atoms with E-state index in [-0.39, 0.29) is 11.5 Å². The fraction of sp³-hybridized carbons (Fsp3) is 0.312. The van der Waals surface area contributed by atoms with E-state index in [1.807, 2.05) is 19.0 Å². The Morgan fingerprint density at radius 1 is 1.32 bits per heavy atom. The number of carbonyl (C=O) groups is 1. The summed E-state index contributed by atoms with van der Waals surface area (Å²) in [6.07, 6.45) is 3.77. The zero-order valence-corrected chi connectivity index (χ0v) is 12.6. The van der Waals surface area contributed by atoms with E-state index in [0.29, 0.717) is 17.2 Å². The molecule has 0 spiro atoms. The first-order valence-corrected chi connectivity index (χ1v) is 7.22. The maximum atomic E-state index is 12.3. The normalized spacial score (nSPS) is 13.7. The zero-order valence-electron chi connectivity index (χ0n) is 12.6. The minimum Gasteiger partial charge on any atom is -0.363 e. The van der Waals surface area contributed by atoms with Crippen LogP contribution in [0, 0.1) is 0 Å². The van der Waals surface area contributed by atoms with Crippen molar-refractivity contribution in [1.29, 1.82) is 0 Å². The molecule has 3 rings (SSSR count). The highest BCUT2D eigenvalue weighted by molar-refractivity contribution is 6.04. The van der Waals surface area contributed by atoms with Gasteiger partial charge in [0.1, 0.15) is 5.82 Å². The van der Waals surface area contributed by atoms with Crippen molar-refractivity contribution in [2.24, 2.45) is 0 Å². The van der Waals surface area contributed by atoms with Gasteiger partial charge >= 0.3 is 0 Å². The number of H-pyrrole nitrogens is 1. The predicted molar refractivity (Wildman–Crippen MR) is 85.6 cm³/mol. The predicted octanol–water partition coefficient (Wildman–Crippen LogP) is 1.97. The summed E-state index contributed by atoms with van der Waals surface area (Å²) in [6.45, 7) is 0. The zero-order chi connectivity index (χ0) is 15.7. The highest BCUT2D eigenvalue weighted by Crippen LogP contribution is 2.38. The first kappa shape index (κ1) is 14.3. The molecule has 1 saturated carbocycles. The van der Waals surface area contributed by atoms with Crippen LogP contribution in [-0.2, 0) is 0 Å². The molecular weight excluding hydrogens is 280 g/mol. The molecule has 1 fully saturated rings. The molecule has 2 heterocycles. The molecule has 6 heteroatoms. The van der Waals surface area contributed by atoms with Crippen molar-refractivity contribution in [2.75, 3.05) is 24.3 Å². The fourth-order valence-corrected chi connectivity index (χ4v) is 2.25. The molecule has 0 atom stereocenters. The Morgan fingerprint density at radius 3 is 2.77 bits per heavy atom. The van der Waals surface area contributed by atoms with Crippen molar-refractivity contribution < 1.29 is 4.79 Å². The van der Waals surface area contributed by atoms with Crippen molar-refractivity contribution in [3.8, 4) is 0 Å². The van der Waals surface area contributed by atoms with Gasteiger partial charge in [0.2, 0.25) is 5.56 Å². The molecule has 0 aliphatic heterocycles. The van der Waals surface area contributed by atoms with E-state index in [0.717, 1.165) is 24.4 Å². The third-order valence-corrected chi connectivity index (χ3v) is 3.61. The first-order valence-electron chi connectivity index (χ1n) is 7.22. The van der Waals surface area contributed by atoms with Gasteiger partial charge in [-0.15, -0.1) is 0 Å². The third-order valence-electron chi connectivity index (χ3n) is 3.61. The Bertz CT molecular complexity index is 763. The summed E-state index contributed by atoms with van der Waals surface area (Å²) in [7, 11) is 3.76. The molecule has 2 aromatic rings. The maximum absolute atomic E-state index is 12.3. The molecular formula is C16H18N4O2. The number of rotatable bonds is 4. The van der Waals surface area contributed by atoms with E-state index >= 15 is 0 Å². The average molecular weight is 298 g/mol. The minimum absolute atomic E-state index is 0.238. The largest absolute Gasteiger partial charge is 0.363 e. The van der Waals surface area contributed by atoms with Crippen LogP contribution in [0.1, 0.15) is 34.8 Å². The van der Waals surface area contributed by atoms with Gasteiger partial charge in [0.15, 0.2) is 0 Å². The Labute approximate surface area is 128 Å². The van der Waals surface area contributed by atoms with Crippen LogP contribution < -0.4 is 15.8 Å². The molecule has 1 amide bonds. The summed E-state index contributed by atoms with van der Waals surface area (Å²) >= 11 is 0. The lowest BCUT2D eigenvalue weighted by Crippen LogP contribution is -2.18. The number of hydrogen-bond donors (Lipinski definition) is 2. The quantitative estimate of drug-likeness (QED) is 0.904. The molecule has 22 heavy (non-hydrogen) atoms. The molecule has 0 bridgehead atoms. The lowest BCUT2D eigenvalue weighted by molar-refractivity contribution is 0.102.